The summed E-state index contributed by atoms with van der Waals surface area (Å²) >= 11 is 0. The van der Waals surface area contributed by atoms with Gasteiger partial charge in [-0.05, 0) is 42.7 Å². The van der Waals surface area contributed by atoms with Crippen LogP contribution in [0, 0.1) is 0 Å². The first-order chi connectivity index (χ1) is 15.8. The molecule has 2 saturated heterocycles. The van der Waals surface area contributed by atoms with Crippen LogP contribution in [0.5, 0.6) is 0 Å². The molecular formula is C23H29N3O5S2. The van der Waals surface area contributed by atoms with Gasteiger partial charge in [-0.1, -0.05) is 36.8 Å². The van der Waals surface area contributed by atoms with Crippen LogP contribution in [0.3, 0.4) is 0 Å². The highest BCUT2D eigenvalue weighted by molar-refractivity contribution is 7.89. The lowest BCUT2D eigenvalue weighted by Gasteiger charge is -2.34. The van der Waals surface area contributed by atoms with Crippen LogP contribution in [0.4, 0.5) is 0 Å². The Balaban J connectivity index is 1.35. The van der Waals surface area contributed by atoms with E-state index < -0.39 is 20.0 Å². The molecule has 0 radical (unpaired) electrons. The number of piperazine rings is 1. The molecule has 2 fully saturated rings. The van der Waals surface area contributed by atoms with Gasteiger partial charge >= 0.3 is 0 Å². The largest absolute Gasteiger partial charge is 0.336 e. The summed E-state index contributed by atoms with van der Waals surface area (Å²) in [7, 11) is -6.93. The second-order valence-electron chi connectivity index (χ2n) is 8.42. The maximum Gasteiger partial charge on any atom is 0.253 e. The molecule has 178 valence electrons. The smallest absolute Gasteiger partial charge is 0.253 e. The number of sulfonamides is 2. The predicted molar refractivity (Wildman–Crippen MR) is 126 cm³/mol. The zero-order valence-corrected chi connectivity index (χ0v) is 20.1. The van der Waals surface area contributed by atoms with E-state index in [2.05, 4.69) is 0 Å². The Bertz CT molecular complexity index is 1170. The molecule has 0 unspecified atom stereocenters. The number of benzene rings is 2. The van der Waals surface area contributed by atoms with Gasteiger partial charge in [0.1, 0.15) is 0 Å². The molecule has 33 heavy (non-hydrogen) atoms. The van der Waals surface area contributed by atoms with Gasteiger partial charge in [0.05, 0.1) is 10.6 Å². The van der Waals surface area contributed by atoms with Crippen molar-refractivity contribution in [2.24, 2.45) is 0 Å². The molecule has 0 spiro atoms. The molecule has 2 heterocycles. The van der Waals surface area contributed by atoms with Crippen LogP contribution in [0.15, 0.2) is 59.5 Å². The van der Waals surface area contributed by atoms with Crippen molar-refractivity contribution in [3.8, 4) is 0 Å². The number of carbonyl (C=O) groups is 1. The molecule has 1 amide bonds. The maximum atomic E-state index is 12.9. The second-order valence-corrected chi connectivity index (χ2v) is 12.3. The molecule has 0 saturated carbocycles. The minimum atomic E-state index is -3.57. The van der Waals surface area contributed by atoms with E-state index in [1.807, 2.05) is 0 Å². The summed E-state index contributed by atoms with van der Waals surface area (Å²) in [5, 5.41) is 0. The van der Waals surface area contributed by atoms with E-state index in [0.29, 0.717) is 37.3 Å². The van der Waals surface area contributed by atoms with Crippen molar-refractivity contribution in [3.63, 3.8) is 0 Å². The third kappa shape index (κ3) is 5.46. The van der Waals surface area contributed by atoms with Gasteiger partial charge in [-0.3, -0.25) is 4.79 Å². The fraction of sp³-hybridized carbons (Fsp3) is 0.435. The van der Waals surface area contributed by atoms with Crippen molar-refractivity contribution in [2.45, 2.75) is 29.9 Å². The molecular weight excluding hydrogens is 462 g/mol. The maximum absolute atomic E-state index is 12.9. The standard InChI is InChI=1S/C23H29N3O5S2/c27-23(24-15-17-26(18-16-24)33(30,31)22-7-3-1-4-8-22)21-11-9-20(10-12-21)19-32(28,29)25-13-5-2-6-14-25/h1,3-4,7-12H,2,5-6,13-19H2. The van der Waals surface area contributed by atoms with Gasteiger partial charge in [0.25, 0.3) is 5.91 Å². The van der Waals surface area contributed by atoms with Crippen molar-refractivity contribution in [2.75, 3.05) is 39.3 Å². The average Bonchev–Trinajstić information content (AvgIpc) is 2.85. The lowest BCUT2D eigenvalue weighted by atomic mass is 10.1. The van der Waals surface area contributed by atoms with E-state index in [9.17, 15) is 21.6 Å². The zero-order valence-electron chi connectivity index (χ0n) is 18.5. The van der Waals surface area contributed by atoms with Crippen LogP contribution in [0.1, 0.15) is 35.2 Å². The molecule has 8 nitrogen and oxygen atoms in total. The molecule has 2 aromatic rings. The van der Waals surface area contributed by atoms with Crippen LogP contribution in [-0.4, -0.2) is 75.5 Å². The summed E-state index contributed by atoms with van der Waals surface area (Å²) in [4.78, 5) is 14.8. The van der Waals surface area contributed by atoms with Gasteiger partial charge in [-0.2, -0.15) is 4.31 Å². The first-order valence-electron chi connectivity index (χ1n) is 11.2. The third-order valence-electron chi connectivity index (χ3n) is 6.17. The van der Waals surface area contributed by atoms with E-state index in [-0.39, 0.29) is 29.6 Å². The average molecular weight is 492 g/mol. The quantitative estimate of drug-likeness (QED) is 0.617. The first kappa shape index (κ1) is 23.9. The van der Waals surface area contributed by atoms with Crippen molar-refractivity contribution >= 4 is 26.0 Å². The summed E-state index contributed by atoms with van der Waals surface area (Å²) in [5.74, 6) is -0.255. The van der Waals surface area contributed by atoms with Gasteiger partial charge in [0, 0.05) is 44.8 Å². The summed E-state index contributed by atoms with van der Waals surface area (Å²) in [5.41, 5.74) is 1.12. The molecule has 0 atom stereocenters. The monoisotopic (exact) mass is 491 g/mol. The van der Waals surface area contributed by atoms with Gasteiger partial charge in [-0.15, -0.1) is 0 Å². The molecule has 0 N–H and O–H groups in total. The minimum absolute atomic E-state index is 0.0719. The number of rotatable bonds is 6. The lowest BCUT2D eigenvalue weighted by molar-refractivity contribution is 0.0698. The number of nitrogens with zero attached hydrogens (tertiary/aromatic N) is 3. The first-order valence-corrected chi connectivity index (χ1v) is 14.2. The molecule has 2 aromatic carbocycles. The van der Waals surface area contributed by atoms with Gasteiger partial charge in [-0.25, -0.2) is 21.1 Å². The predicted octanol–water partition coefficient (Wildman–Crippen LogP) is 2.15. The van der Waals surface area contributed by atoms with Crippen molar-refractivity contribution in [3.05, 3.63) is 65.7 Å². The Morgan fingerprint density at radius 2 is 1.30 bits per heavy atom. The third-order valence-corrected chi connectivity index (χ3v) is 9.93. The van der Waals surface area contributed by atoms with E-state index in [1.54, 1.807) is 63.8 Å². The fourth-order valence-corrected chi connectivity index (χ4v) is 7.30. The Morgan fingerprint density at radius 1 is 0.697 bits per heavy atom. The summed E-state index contributed by atoms with van der Waals surface area (Å²) in [6.07, 6.45) is 2.86. The summed E-state index contributed by atoms with van der Waals surface area (Å²) in [6.45, 7) is 2.21. The molecule has 10 heteroatoms. The van der Waals surface area contributed by atoms with E-state index >= 15 is 0 Å². The highest BCUT2D eigenvalue weighted by Crippen LogP contribution is 2.20. The number of amides is 1. The Labute approximate surface area is 195 Å². The lowest BCUT2D eigenvalue weighted by Crippen LogP contribution is -2.50. The molecule has 0 aliphatic carbocycles. The van der Waals surface area contributed by atoms with E-state index in [0.717, 1.165) is 19.3 Å². The molecule has 2 aliphatic heterocycles. The zero-order chi connectivity index (χ0) is 23.5. The van der Waals surface area contributed by atoms with Gasteiger partial charge in [0.2, 0.25) is 20.0 Å². The number of hydrogen-bond donors (Lipinski definition) is 0. The van der Waals surface area contributed by atoms with E-state index in [4.69, 9.17) is 0 Å². The molecule has 0 bridgehead atoms. The topological polar surface area (TPSA) is 95.1 Å². The van der Waals surface area contributed by atoms with Crippen molar-refractivity contribution in [1.29, 1.82) is 0 Å². The van der Waals surface area contributed by atoms with Gasteiger partial charge in [0.15, 0.2) is 0 Å². The van der Waals surface area contributed by atoms with Crippen molar-refractivity contribution in [1.82, 2.24) is 13.5 Å². The Kier molecular flexibility index (Phi) is 7.18. The fourth-order valence-electron chi connectivity index (χ4n) is 4.24. The normalized spacial score (nSPS) is 18.8. The number of carbonyl (C=O) groups excluding carboxylic acids is 1. The van der Waals surface area contributed by atoms with Crippen LogP contribution >= 0.6 is 0 Å². The summed E-state index contributed by atoms with van der Waals surface area (Å²) in [6, 6.07) is 15.0. The van der Waals surface area contributed by atoms with Crippen LogP contribution in [0.2, 0.25) is 0 Å². The number of hydrogen-bond acceptors (Lipinski definition) is 5. The summed E-state index contributed by atoms with van der Waals surface area (Å²) < 4.78 is 53.8. The van der Waals surface area contributed by atoms with Crippen molar-refractivity contribution < 1.29 is 21.6 Å². The Hall–Kier alpha value is -2.27. The SMILES string of the molecule is O=C(c1ccc(CS(=O)(=O)N2CCCCC2)cc1)N1CCN(S(=O)(=O)c2ccccc2)CC1. The molecule has 0 aromatic heterocycles. The highest BCUT2D eigenvalue weighted by atomic mass is 32.2. The second kappa shape index (κ2) is 9.92. The molecule has 2 aliphatic rings. The molecule has 4 rings (SSSR count). The highest BCUT2D eigenvalue weighted by Gasteiger charge is 2.30. The Morgan fingerprint density at radius 3 is 1.91 bits per heavy atom. The van der Waals surface area contributed by atoms with Crippen LogP contribution in [-0.2, 0) is 25.8 Å². The number of piperidine rings is 1. The van der Waals surface area contributed by atoms with Gasteiger partial charge < -0.3 is 4.90 Å². The van der Waals surface area contributed by atoms with Crippen LogP contribution < -0.4 is 0 Å². The minimum Gasteiger partial charge on any atom is -0.336 e. The van der Waals surface area contributed by atoms with E-state index in [1.165, 1.54) is 4.31 Å². The van der Waals surface area contributed by atoms with Crippen LogP contribution in [0.25, 0.3) is 0 Å².